The summed E-state index contributed by atoms with van der Waals surface area (Å²) in [5, 5.41) is 9.49. The van der Waals surface area contributed by atoms with Crippen molar-refractivity contribution in [2.45, 2.75) is 5.40 Å². The minimum Gasteiger partial charge on any atom is -0.508 e. The van der Waals surface area contributed by atoms with Crippen LogP contribution in [0.2, 0.25) is 0 Å². The molecule has 0 spiro atoms. The van der Waals surface area contributed by atoms with Crippen molar-refractivity contribution in [3.63, 3.8) is 0 Å². The Morgan fingerprint density at radius 2 is 1.80 bits per heavy atom. The maximum absolute atomic E-state index is 9.25. The summed E-state index contributed by atoms with van der Waals surface area (Å²) in [6.45, 7) is 0. The lowest BCUT2D eigenvalue weighted by molar-refractivity contribution is 0.470. The standard InChI is InChI=1S/C7H10OP2/c8-6-4-2-1-3-5(6)7(9)10/h1-4,7-8H,9-10H2. The lowest BCUT2D eigenvalue weighted by atomic mass is 10.2. The van der Waals surface area contributed by atoms with Crippen LogP contribution >= 0.6 is 18.5 Å². The maximum atomic E-state index is 9.25. The first kappa shape index (κ1) is 7.98. The molecule has 1 nitrogen and oxygen atoms in total. The van der Waals surface area contributed by atoms with Gasteiger partial charge in [-0.25, -0.2) is 0 Å². The van der Waals surface area contributed by atoms with E-state index < -0.39 is 0 Å². The van der Waals surface area contributed by atoms with Gasteiger partial charge < -0.3 is 5.11 Å². The maximum Gasteiger partial charge on any atom is 0.119 e. The fourth-order valence-corrected chi connectivity index (χ4v) is 1.33. The van der Waals surface area contributed by atoms with E-state index in [0.29, 0.717) is 5.75 Å². The van der Waals surface area contributed by atoms with Gasteiger partial charge in [-0.3, -0.25) is 0 Å². The molecule has 0 fully saturated rings. The zero-order valence-electron chi connectivity index (χ0n) is 5.49. The van der Waals surface area contributed by atoms with Crippen LogP contribution in [0.25, 0.3) is 0 Å². The summed E-state index contributed by atoms with van der Waals surface area (Å²) in [6.07, 6.45) is 0. The molecule has 2 atom stereocenters. The summed E-state index contributed by atoms with van der Waals surface area (Å²) in [5.41, 5.74) is 0.942. The monoisotopic (exact) mass is 172 g/mol. The van der Waals surface area contributed by atoms with Gasteiger partial charge in [0.2, 0.25) is 0 Å². The smallest absolute Gasteiger partial charge is 0.119 e. The van der Waals surface area contributed by atoms with E-state index in [1.165, 1.54) is 0 Å². The third-order valence-electron chi connectivity index (χ3n) is 1.30. The molecule has 3 heteroatoms. The van der Waals surface area contributed by atoms with Gasteiger partial charge in [0.05, 0.1) is 0 Å². The molecular weight excluding hydrogens is 162 g/mol. The number of benzene rings is 1. The van der Waals surface area contributed by atoms with Crippen LogP contribution in [-0.2, 0) is 0 Å². The van der Waals surface area contributed by atoms with Crippen LogP contribution in [0.3, 0.4) is 0 Å². The fourth-order valence-electron chi connectivity index (χ4n) is 0.769. The highest BCUT2D eigenvalue weighted by Gasteiger charge is 2.02. The Morgan fingerprint density at radius 1 is 1.20 bits per heavy atom. The molecule has 1 aromatic carbocycles. The molecule has 0 aliphatic heterocycles. The Kier molecular flexibility index (Phi) is 2.65. The molecule has 1 N–H and O–H groups in total. The van der Waals surface area contributed by atoms with Gasteiger partial charge in [0.25, 0.3) is 0 Å². The van der Waals surface area contributed by atoms with Crippen LogP contribution in [0.4, 0.5) is 0 Å². The Bertz CT molecular complexity index is 223. The zero-order chi connectivity index (χ0) is 7.56. The molecule has 0 aliphatic carbocycles. The molecule has 2 unspecified atom stereocenters. The van der Waals surface area contributed by atoms with Gasteiger partial charge in [0, 0.05) is 11.0 Å². The van der Waals surface area contributed by atoms with Crippen LogP contribution in [-0.4, -0.2) is 5.11 Å². The highest BCUT2D eigenvalue weighted by molar-refractivity contribution is 7.37. The van der Waals surface area contributed by atoms with Gasteiger partial charge in [0.1, 0.15) is 5.75 Å². The van der Waals surface area contributed by atoms with Crippen molar-refractivity contribution in [3.8, 4) is 5.75 Å². The largest absolute Gasteiger partial charge is 0.508 e. The first-order valence-electron chi connectivity index (χ1n) is 3.01. The summed E-state index contributed by atoms with van der Waals surface area (Å²) in [6, 6.07) is 7.32. The molecule has 0 aliphatic rings. The van der Waals surface area contributed by atoms with Gasteiger partial charge in [-0.1, -0.05) is 18.2 Å². The Hall–Kier alpha value is -0.120. The number of rotatable bonds is 1. The summed E-state index contributed by atoms with van der Waals surface area (Å²) in [7, 11) is 5.22. The third kappa shape index (κ3) is 1.68. The van der Waals surface area contributed by atoms with Crippen LogP contribution in [0.1, 0.15) is 11.0 Å². The molecule has 1 aromatic rings. The summed E-state index contributed by atoms with van der Waals surface area (Å²) < 4.78 is 0. The number of phenols is 1. The number of phenolic OH excluding ortho intramolecular Hbond substituents is 1. The summed E-state index contributed by atoms with van der Waals surface area (Å²) >= 11 is 0. The molecule has 10 heavy (non-hydrogen) atoms. The Morgan fingerprint density at radius 3 is 2.20 bits per heavy atom. The second-order valence-electron chi connectivity index (χ2n) is 2.08. The topological polar surface area (TPSA) is 20.2 Å². The molecule has 1 rings (SSSR count). The van der Waals surface area contributed by atoms with Gasteiger partial charge >= 0.3 is 0 Å². The second-order valence-corrected chi connectivity index (χ2v) is 4.29. The normalized spacial score (nSPS) is 10.3. The third-order valence-corrected chi connectivity index (χ3v) is 2.01. The molecule has 0 amide bonds. The molecule has 0 aromatic heterocycles. The Labute approximate surface area is 65.3 Å². The van der Waals surface area contributed by atoms with E-state index in [-0.39, 0.29) is 5.40 Å². The van der Waals surface area contributed by atoms with E-state index in [4.69, 9.17) is 0 Å². The van der Waals surface area contributed by atoms with Crippen molar-refractivity contribution in [3.05, 3.63) is 29.8 Å². The zero-order valence-corrected chi connectivity index (χ0v) is 7.80. The first-order valence-corrected chi connectivity index (χ1v) is 4.34. The average Bonchev–Trinajstić information content (AvgIpc) is 1.88. The Balaban J connectivity index is 3.03. The van der Waals surface area contributed by atoms with E-state index in [2.05, 4.69) is 18.5 Å². The van der Waals surface area contributed by atoms with Crippen LogP contribution in [0.15, 0.2) is 24.3 Å². The lowest BCUT2D eigenvalue weighted by Crippen LogP contribution is -1.79. The molecule has 0 heterocycles. The van der Waals surface area contributed by atoms with Crippen LogP contribution in [0, 0.1) is 0 Å². The predicted molar refractivity (Wildman–Crippen MR) is 50.3 cm³/mol. The quantitative estimate of drug-likeness (QED) is 0.643. The number of hydrogen-bond donors (Lipinski definition) is 1. The minimum atomic E-state index is 0.237. The summed E-state index contributed by atoms with van der Waals surface area (Å²) in [4.78, 5) is 0. The van der Waals surface area contributed by atoms with Gasteiger partial charge in [-0.15, -0.1) is 18.5 Å². The van der Waals surface area contributed by atoms with E-state index in [1.54, 1.807) is 6.07 Å². The molecule has 54 valence electrons. The van der Waals surface area contributed by atoms with Crippen molar-refractivity contribution >= 4 is 18.5 Å². The number of para-hydroxylation sites is 1. The molecule has 0 saturated carbocycles. The molecular formula is C7H10OP2. The van der Waals surface area contributed by atoms with Crippen molar-refractivity contribution in [1.29, 1.82) is 0 Å². The van der Waals surface area contributed by atoms with E-state index in [1.807, 2.05) is 18.2 Å². The SMILES string of the molecule is Oc1ccccc1C(P)P. The highest BCUT2D eigenvalue weighted by atomic mass is 31.1. The van der Waals surface area contributed by atoms with E-state index in [9.17, 15) is 5.11 Å². The summed E-state index contributed by atoms with van der Waals surface area (Å²) in [5.74, 6) is 0.359. The molecule has 0 bridgehead atoms. The average molecular weight is 172 g/mol. The van der Waals surface area contributed by atoms with Crippen LogP contribution in [0.5, 0.6) is 5.75 Å². The van der Waals surface area contributed by atoms with Crippen molar-refractivity contribution in [1.82, 2.24) is 0 Å². The fraction of sp³-hybridized carbons (Fsp3) is 0.143. The minimum absolute atomic E-state index is 0.237. The second kappa shape index (κ2) is 3.32. The van der Waals surface area contributed by atoms with Crippen LogP contribution < -0.4 is 0 Å². The predicted octanol–water partition coefficient (Wildman–Crippen LogP) is 2.14. The van der Waals surface area contributed by atoms with Gasteiger partial charge in [-0.2, -0.15) is 0 Å². The highest BCUT2D eigenvalue weighted by Crippen LogP contribution is 2.34. The van der Waals surface area contributed by atoms with Gasteiger partial charge in [0.15, 0.2) is 0 Å². The van der Waals surface area contributed by atoms with E-state index >= 15 is 0 Å². The molecule has 0 saturated heterocycles. The molecule has 0 radical (unpaired) electrons. The van der Waals surface area contributed by atoms with E-state index in [0.717, 1.165) is 5.56 Å². The first-order chi connectivity index (χ1) is 4.72. The number of aromatic hydroxyl groups is 1. The lowest BCUT2D eigenvalue weighted by Gasteiger charge is -2.05. The van der Waals surface area contributed by atoms with Crippen molar-refractivity contribution in [2.24, 2.45) is 0 Å². The number of hydrogen-bond acceptors (Lipinski definition) is 1. The van der Waals surface area contributed by atoms with Gasteiger partial charge in [-0.05, 0) is 6.07 Å². The van der Waals surface area contributed by atoms with Crippen molar-refractivity contribution < 1.29 is 5.11 Å². The van der Waals surface area contributed by atoms with Crippen molar-refractivity contribution in [2.75, 3.05) is 0 Å².